The van der Waals surface area contributed by atoms with Crippen molar-refractivity contribution in [1.82, 2.24) is 9.97 Å². The van der Waals surface area contributed by atoms with E-state index in [1.165, 1.54) is 4.88 Å². The predicted molar refractivity (Wildman–Crippen MR) is 95.3 cm³/mol. The SMILES string of the molecule is Cc1ccoc1CNc1nc(Cl)nc2c(C)c(CC(C)N)sc12. The Hall–Kier alpha value is -1.63. The lowest BCUT2D eigenvalue weighted by Crippen LogP contribution is -2.17. The van der Waals surface area contributed by atoms with Crippen molar-refractivity contribution in [2.75, 3.05) is 5.32 Å². The Bertz CT molecular complexity index is 840. The van der Waals surface area contributed by atoms with Crippen LogP contribution in [0.1, 0.15) is 28.7 Å². The summed E-state index contributed by atoms with van der Waals surface area (Å²) in [4.78, 5) is 9.96. The average molecular weight is 351 g/mol. The summed E-state index contributed by atoms with van der Waals surface area (Å²) in [6.45, 7) is 6.63. The molecule has 0 amide bonds. The Kier molecular flexibility index (Phi) is 4.57. The number of anilines is 1. The highest BCUT2D eigenvalue weighted by molar-refractivity contribution is 7.19. The van der Waals surface area contributed by atoms with Crippen molar-refractivity contribution >= 4 is 39.0 Å². The van der Waals surface area contributed by atoms with Crippen molar-refractivity contribution in [3.8, 4) is 0 Å². The fourth-order valence-electron chi connectivity index (χ4n) is 2.46. The lowest BCUT2D eigenvalue weighted by molar-refractivity contribution is 0.515. The molecule has 23 heavy (non-hydrogen) atoms. The topological polar surface area (TPSA) is 77.0 Å². The van der Waals surface area contributed by atoms with Crippen LogP contribution in [0.3, 0.4) is 0 Å². The molecule has 7 heteroatoms. The first-order chi connectivity index (χ1) is 11.0. The fraction of sp³-hybridized carbons (Fsp3) is 0.375. The van der Waals surface area contributed by atoms with Gasteiger partial charge < -0.3 is 15.5 Å². The number of hydrogen-bond donors (Lipinski definition) is 2. The monoisotopic (exact) mass is 350 g/mol. The van der Waals surface area contributed by atoms with Crippen LogP contribution in [0.2, 0.25) is 5.28 Å². The van der Waals surface area contributed by atoms with E-state index in [9.17, 15) is 0 Å². The summed E-state index contributed by atoms with van der Waals surface area (Å²) in [6.07, 6.45) is 2.51. The third-order valence-electron chi connectivity index (χ3n) is 3.73. The van der Waals surface area contributed by atoms with Gasteiger partial charge in [0.25, 0.3) is 0 Å². The normalized spacial score (nSPS) is 12.7. The maximum absolute atomic E-state index is 6.10. The van der Waals surface area contributed by atoms with E-state index in [0.29, 0.717) is 6.54 Å². The van der Waals surface area contributed by atoms with Crippen molar-refractivity contribution in [2.24, 2.45) is 5.73 Å². The van der Waals surface area contributed by atoms with E-state index in [1.54, 1.807) is 17.6 Å². The van der Waals surface area contributed by atoms with Gasteiger partial charge in [-0.25, -0.2) is 4.98 Å². The van der Waals surface area contributed by atoms with Crippen molar-refractivity contribution in [3.05, 3.63) is 39.4 Å². The number of halogens is 1. The fourth-order valence-corrected chi connectivity index (χ4v) is 3.98. The second-order valence-corrected chi connectivity index (χ2v) is 7.17. The first kappa shape index (κ1) is 16.2. The van der Waals surface area contributed by atoms with Gasteiger partial charge in [-0.3, -0.25) is 0 Å². The van der Waals surface area contributed by atoms with Gasteiger partial charge in [0.1, 0.15) is 11.6 Å². The lowest BCUT2D eigenvalue weighted by atomic mass is 10.1. The van der Waals surface area contributed by atoms with Gasteiger partial charge in [-0.05, 0) is 56.0 Å². The van der Waals surface area contributed by atoms with Gasteiger partial charge in [-0.1, -0.05) is 0 Å². The third-order valence-corrected chi connectivity index (χ3v) is 5.21. The Morgan fingerprint density at radius 3 is 2.83 bits per heavy atom. The van der Waals surface area contributed by atoms with Crippen LogP contribution in [-0.2, 0) is 13.0 Å². The minimum absolute atomic E-state index is 0.104. The molecule has 0 aliphatic heterocycles. The van der Waals surface area contributed by atoms with Gasteiger partial charge in [0.15, 0.2) is 0 Å². The number of fused-ring (bicyclic) bond motifs is 1. The molecule has 0 aromatic carbocycles. The zero-order valence-corrected chi connectivity index (χ0v) is 14.9. The number of nitrogens with zero attached hydrogens (tertiary/aromatic N) is 2. The van der Waals surface area contributed by atoms with Crippen LogP contribution < -0.4 is 11.1 Å². The average Bonchev–Trinajstić information content (AvgIpc) is 3.02. The highest BCUT2D eigenvalue weighted by Gasteiger charge is 2.16. The Labute approximate surface area is 143 Å². The van der Waals surface area contributed by atoms with E-state index < -0.39 is 0 Å². The predicted octanol–water partition coefficient (Wildman–Crippen LogP) is 4.06. The van der Waals surface area contributed by atoms with Gasteiger partial charge >= 0.3 is 0 Å². The van der Waals surface area contributed by atoms with E-state index in [2.05, 4.69) is 22.2 Å². The van der Waals surface area contributed by atoms with E-state index in [4.69, 9.17) is 21.8 Å². The molecule has 0 bridgehead atoms. The van der Waals surface area contributed by atoms with Gasteiger partial charge in [0.05, 0.1) is 23.0 Å². The van der Waals surface area contributed by atoms with Crippen LogP contribution in [0.5, 0.6) is 0 Å². The molecule has 3 aromatic heterocycles. The van der Waals surface area contributed by atoms with Crippen LogP contribution >= 0.6 is 22.9 Å². The molecule has 1 atom stereocenters. The molecule has 3 heterocycles. The summed E-state index contributed by atoms with van der Waals surface area (Å²) in [5, 5.41) is 3.56. The molecule has 0 radical (unpaired) electrons. The van der Waals surface area contributed by atoms with Crippen molar-refractivity contribution in [3.63, 3.8) is 0 Å². The second kappa shape index (κ2) is 6.47. The first-order valence-electron chi connectivity index (χ1n) is 7.43. The number of aromatic nitrogens is 2. The molecule has 3 aromatic rings. The molecule has 0 aliphatic carbocycles. The molecule has 0 spiro atoms. The van der Waals surface area contributed by atoms with Gasteiger partial charge in [-0.2, -0.15) is 4.98 Å². The Morgan fingerprint density at radius 2 is 2.17 bits per heavy atom. The van der Waals surface area contributed by atoms with Crippen LogP contribution in [0.4, 0.5) is 5.82 Å². The highest BCUT2D eigenvalue weighted by Crippen LogP contribution is 2.35. The molecule has 3 N–H and O–H groups in total. The quantitative estimate of drug-likeness (QED) is 0.678. The van der Waals surface area contributed by atoms with Gasteiger partial charge in [-0.15, -0.1) is 11.3 Å². The number of rotatable bonds is 5. The Morgan fingerprint density at radius 1 is 1.39 bits per heavy atom. The number of hydrogen-bond acceptors (Lipinski definition) is 6. The summed E-state index contributed by atoms with van der Waals surface area (Å²) in [7, 11) is 0. The van der Waals surface area contributed by atoms with E-state index in [0.717, 1.165) is 39.3 Å². The van der Waals surface area contributed by atoms with Crippen molar-refractivity contribution < 1.29 is 4.42 Å². The van der Waals surface area contributed by atoms with Crippen LogP contribution in [-0.4, -0.2) is 16.0 Å². The van der Waals surface area contributed by atoms with Crippen LogP contribution in [0, 0.1) is 13.8 Å². The standard InChI is InChI=1S/C16H19ClN4OS/c1-8-4-5-22-11(8)7-19-15-14-13(20-16(17)21-15)10(3)12(23-14)6-9(2)18/h4-5,9H,6-7,18H2,1-3H3,(H,19,20,21). The van der Waals surface area contributed by atoms with E-state index >= 15 is 0 Å². The van der Waals surface area contributed by atoms with Gasteiger partial charge in [0, 0.05) is 10.9 Å². The maximum Gasteiger partial charge on any atom is 0.224 e. The van der Waals surface area contributed by atoms with Crippen LogP contribution in [0.25, 0.3) is 10.2 Å². The van der Waals surface area contributed by atoms with E-state index in [-0.39, 0.29) is 11.3 Å². The summed E-state index contributed by atoms with van der Waals surface area (Å²) in [6, 6.07) is 2.04. The minimum atomic E-state index is 0.104. The third kappa shape index (κ3) is 3.34. The summed E-state index contributed by atoms with van der Waals surface area (Å²) < 4.78 is 6.46. The molecule has 0 saturated heterocycles. The molecule has 0 fully saturated rings. The summed E-state index contributed by atoms with van der Waals surface area (Å²) in [5.74, 6) is 1.62. The maximum atomic E-state index is 6.10. The lowest BCUT2D eigenvalue weighted by Gasteiger charge is -2.06. The molecule has 122 valence electrons. The summed E-state index contributed by atoms with van der Waals surface area (Å²) >= 11 is 7.77. The molecule has 5 nitrogen and oxygen atoms in total. The molecule has 0 saturated carbocycles. The number of furan rings is 1. The van der Waals surface area contributed by atoms with Crippen molar-refractivity contribution in [2.45, 2.75) is 39.8 Å². The number of aryl methyl sites for hydroxylation is 2. The second-order valence-electron chi connectivity index (χ2n) is 5.73. The number of nitrogens with one attached hydrogen (secondary N) is 1. The first-order valence-corrected chi connectivity index (χ1v) is 8.63. The molecule has 1 unspecified atom stereocenters. The molecule has 3 rings (SSSR count). The number of nitrogens with two attached hydrogens (primary N) is 1. The Balaban J connectivity index is 1.97. The molecule has 0 aliphatic rings. The number of thiophene rings is 1. The minimum Gasteiger partial charge on any atom is -0.467 e. The molecular weight excluding hydrogens is 332 g/mol. The van der Waals surface area contributed by atoms with Crippen LogP contribution in [0.15, 0.2) is 16.7 Å². The zero-order valence-electron chi connectivity index (χ0n) is 13.3. The summed E-state index contributed by atoms with van der Waals surface area (Å²) in [5.41, 5.74) is 9.07. The largest absolute Gasteiger partial charge is 0.467 e. The van der Waals surface area contributed by atoms with Crippen molar-refractivity contribution in [1.29, 1.82) is 0 Å². The van der Waals surface area contributed by atoms with E-state index in [1.807, 2.05) is 19.9 Å². The smallest absolute Gasteiger partial charge is 0.224 e. The van der Waals surface area contributed by atoms with Gasteiger partial charge in [0.2, 0.25) is 5.28 Å². The zero-order chi connectivity index (χ0) is 16.6. The highest BCUT2D eigenvalue weighted by atomic mass is 35.5. The molecular formula is C16H19ClN4OS.